The summed E-state index contributed by atoms with van der Waals surface area (Å²) in [4.78, 5) is 15.7. The zero-order chi connectivity index (χ0) is 16.4. The van der Waals surface area contributed by atoms with Gasteiger partial charge in [-0.15, -0.1) is 0 Å². The highest BCUT2D eigenvalue weighted by atomic mass is 16.5. The summed E-state index contributed by atoms with van der Waals surface area (Å²) in [5.41, 5.74) is 1.75. The topological polar surface area (TPSA) is 56.2 Å². The van der Waals surface area contributed by atoms with Gasteiger partial charge >= 0.3 is 0 Å². The second kappa shape index (κ2) is 6.16. The van der Waals surface area contributed by atoms with Gasteiger partial charge in [0.1, 0.15) is 5.82 Å². The number of rotatable bonds is 3. The second-order valence-electron chi connectivity index (χ2n) is 6.68. The molecule has 2 aromatic rings. The van der Waals surface area contributed by atoms with Gasteiger partial charge in [0.15, 0.2) is 0 Å². The first kappa shape index (κ1) is 15.7. The van der Waals surface area contributed by atoms with Crippen molar-refractivity contribution in [1.82, 2.24) is 9.55 Å². The van der Waals surface area contributed by atoms with Crippen molar-refractivity contribution in [2.75, 3.05) is 11.9 Å². The van der Waals surface area contributed by atoms with Crippen LogP contribution in [0.3, 0.4) is 0 Å². The molecule has 1 aliphatic rings. The van der Waals surface area contributed by atoms with Gasteiger partial charge in [-0.1, -0.05) is 0 Å². The Balaban J connectivity index is 1.84. The maximum atomic E-state index is 11.1. The van der Waals surface area contributed by atoms with Crippen LogP contribution in [-0.4, -0.2) is 27.7 Å². The number of nitrogens with one attached hydrogen (secondary N) is 1. The van der Waals surface area contributed by atoms with Gasteiger partial charge in [0, 0.05) is 43.2 Å². The van der Waals surface area contributed by atoms with Crippen LogP contribution in [0.25, 0.3) is 5.69 Å². The molecule has 0 aliphatic carbocycles. The highest BCUT2D eigenvalue weighted by molar-refractivity contribution is 5.88. The Morgan fingerprint density at radius 3 is 2.74 bits per heavy atom. The number of hydrogen-bond acceptors (Lipinski definition) is 3. The molecule has 0 radical (unpaired) electrons. The zero-order valence-electron chi connectivity index (χ0n) is 13.9. The number of hydrogen-bond donors (Lipinski definition) is 1. The van der Waals surface area contributed by atoms with Gasteiger partial charge in [0.05, 0.1) is 5.60 Å². The summed E-state index contributed by atoms with van der Waals surface area (Å²) in [6.07, 6.45) is 5.79. The molecule has 122 valence electrons. The summed E-state index contributed by atoms with van der Waals surface area (Å²) in [5.74, 6) is 1.41. The van der Waals surface area contributed by atoms with Gasteiger partial charge < -0.3 is 14.6 Å². The molecule has 1 aromatic heterocycles. The third kappa shape index (κ3) is 3.62. The molecule has 0 unspecified atom stereocenters. The van der Waals surface area contributed by atoms with E-state index in [4.69, 9.17) is 4.74 Å². The lowest BCUT2D eigenvalue weighted by Crippen LogP contribution is -2.33. The molecule has 1 amide bonds. The highest BCUT2D eigenvalue weighted by Gasteiger charge is 2.32. The van der Waals surface area contributed by atoms with Gasteiger partial charge in [-0.25, -0.2) is 4.98 Å². The summed E-state index contributed by atoms with van der Waals surface area (Å²) in [5, 5.41) is 2.79. The van der Waals surface area contributed by atoms with Crippen LogP contribution >= 0.6 is 0 Å². The Hall–Kier alpha value is -2.14. The van der Waals surface area contributed by atoms with Crippen molar-refractivity contribution in [3.05, 3.63) is 42.5 Å². The van der Waals surface area contributed by atoms with E-state index >= 15 is 0 Å². The van der Waals surface area contributed by atoms with E-state index < -0.39 is 0 Å². The van der Waals surface area contributed by atoms with E-state index in [0.29, 0.717) is 5.92 Å². The molecular weight excluding hydrogens is 290 g/mol. The molecule has 1 aromatic carbocycles. The van der Waals surface area contributed by atoms with Gasteiger partial charge in [0.2, 0.25) is 5.91 Å². The van der Waals surface area contributed by atoms with E-state index in [0.717, 1.165) is 36.6 Å². The van der Waals surface area contributed by atoms with Crippen molar-refractivity contribution in [3.63, 3.8) is 0 Å². The number of imidazole rings is 1. The molecule has 23 heavy (non-hydrogen) atoms. The Kier molecular flexibility index (Phi) is 4.22. The minimum absolute atomic E-state index is 0.0643. The first-order chi connectivity index (χ1) is 10.9. The van der Waals surface area contributed by atoms with Gasteiger partial charge in [-0.3, -0.25) is 4.79 Å². The molecule has 5 nitrogen and oxygen atoms in total. The Bertz CT molecular complexity index is 689. The predicted molar refractivity (Wildman–Crippen MR) is 89.9 cm³/mol. The molecule has 0 spiro atoms. The SMILES string of the molecule is CC(=O)Nc1ccc(-n2ccnc2[C@@H]2CCOC(C)(C)C2)cc1. The summed E-state index contributed by atoms with van der Waals surface area (Å²) in [7, 11) is 0. The first-order valence-corrected chi connectivity index (χ1v) is 8.00. The van der Waals surface area contributed by atoms with Crippen LogP contribution in [0.4, 0.5) is 5.69 Å². The molecule has 1 atom stereocenters. The highest BCUT2D eigenvalue weighted by Crippen LogP contribution is 2.35. The minimum atomic E-state index is -0.102. The largest absolute Gasteiger partial charge is 0.376 e. The molecular formula is C18H23N3O2. The number of amides is 1. The minimum Gasteiger partial charge on any atom is -0.376 e. The number of carbonyl (C=O) groups excluding carboxylic acids is 1. The average Bonchev–Trinajstić information content (AvgIpc) is 2.96. The zero-order valence-corrected chi connectivity index (χ0v) is 13.9. The fraction of sp³-hybridized carbons (Fsp3) is 0.444. The maximum Gasteiger partial charge on any atom is 0.221 e. The van der Waals surface area contributed by atoms with Crippen molar-refractivity contribution in [2.45, 2.75) is 45.1 Å². The summed E-state index contributed by atoms with van der Waals surface area (Å²) < 4.78 is 7.94. The molecule has 0 bridgehead atoms. The third-order valence-electron chi connectivity index (χ3n) is 4.20. The van der Waals surface area contributed by atoms with Crippen molar-refractivity contribution < 1.29 is 9.53 Å². The Morgan fingerprint density at radius 1 is 1.35 bits per heavy atom. The van der Waals surface area contributed by atoms with E-state index in [1.165, 1.54) is 6.92 Å². The number of nitrogens with zero attached hydrogens (tertiary/aromatic N) is 2. The lowest BCUT2D eigenvalue weighted by Gasteiger charge is -2.35. The van der Waals surface area contributed by atoms with Crippen LogP contribution < -0.4 is 5.32 Å². The average molecular weight is 313 g/mol. The van der Waals surface area contributed by atoms with Gasteiger partial charge in [-0.2, -0.15) is 0 Å². The fourth-order valence-corrected chi connectivity index (χ4v) is 3.20. The molecule has 1 aliphatic heterocycles. The van der Waals surface area contributed by atoms with E-state index in [9.17, 15) is 4.79 Å². The summed E-state index contributed by atoms with van der Waals surface area (Å²) >= 11 is 0. The number of ether oxygens (including phenoxy) is 1. The fourth-order valence-electron chi connectivity index (χ4n) is 3.20. The molecule has 2 heterocycles. The lowest BCUT2D eigenvalue weighted by atomic mass is 9.88. The van der Waals surface area contributed by atoms with Crippen LogP contribution in [-0.2, 0) is 9.53 Å². The van der Waals surface area contributed by atoms with E-state index in [1.54, 1.807) is 0 Å². The summed E-state index contributed by atoms with van der Waals surface area (Å²) in [6, 6.07) is 7.82. The van der Waals surface area contributed by atoms with Crippen molar-refractivity contribution in [3.8, 4) is 5.69 Å². The van der Waals surface area contributed by atoms with Crippen molar-refractivity contribution >= 4 is 11.6 Å². The monoisotopic (exact) mass is 313 g/mol. The second-order valence-corrected chi connectivity index (χ2v) is 6.68. The molecule has 1 N–H and O–H groups in total. The number of aromatic nitrogens is 2. The normalized spacial score (nSPS) is 20.2. The number of carbonyl (C=O) groups is 1. The standard InChI is InChI=1S/C18H23N3O2/c1-13(22)20-15-4-6-16(7-5-15)21-10-9-19-17(21)14-8-11-23-18(2,3)12-14/h4-7,9-10,14H,8,11-12H2,1-3H3,(H,20,22)/t14-/m1/s1. The van der Waals surface area contributed by atoms with Crippen LogP contribution in [0, 0.1) is 0 Å². The van der Waals surface area contributed by atoms with Crippen LogP contribution in [0.15, 0.2) is 36.7 Å². The lowest BCUT2D eigenvalue weighted by molar-refractivity contribution is -0.114. The van der Waals surface area contributed by atoms with Crippen LogP contribution in [0.2, 0.25) is 0 Å². The van der Waals surface area contributed by atoms with Crippen molar-refractivity contribution in [1.29, 1.82) is 0 Å². The predicted octanol–water partition coefficient (Wildman–Crippen LogP) is 3.50. The smallest absolute Gasteiger partial charge is 0.221 e. The van der Waals surface area contributed by atoms with Crippen molar-refractivity contribution in [2.24, 2.45) is 0 Å². The molecule has 0 saturated carbocycles. The molecule has 3 rings (SSSR count). The molecule has 5 heteroatoms. The van der Waals surface area contributed by atoms with Crippen LogP contribution in [0.1, 0.15) is 45.4 Å². The first-order valence-electron chi connectivity index (χ1n) is 8.00. The Labute approximate surface area is 136 Å². The molecule has 1 saturated heterocycles. The number of anilines is 1. The summed E-state index contributed by atoms with van der Waals surface area (Å²) in [6.45, 7) is 6.55. The van der Waals surface area contributed by atoms with Gasteiger partial charge in [-0.05, 0) is 51.0 Å². The van der Waals surface area contributed by atoms with E-state index in [1.807, 2.05) is 36.7 Å². The van der Waals surface area contributed by atoms with Crippen LogP contribution in [0.5, 0.6) is 0 Å². The Morgan fingerprint density at radius 2 is 2.09 bits per heavy atom. The van der Waals surface area contributed by atoms with E-state index in [-0.39, 0.29) is 11.5 Å². The van der Waals surface area contributed by atoms with E-state index in [2.05, 4.69) is 28.7 Å². The maximum absolute atomic E-state index is 11.1. The third-order valence-corrected chi connectivity index (χ3v) is 4.20. The van der Waals surface area contributed by atoms with Gasteiger partial charge in [0.25, 0.3) is 0 Å². The number of benzene rings is 1. The molecule has 1 fully saturated rings. The quantitative estimate of drug-likeness (QED) is 0.943.